The van der Waals surface area contributed by atoms with Crippen molar-refractivity contribution in [2.45, 2.75) is 32.5 Å². The van der Waals surface area contributed by atoms with Crippen molar-refractivity contribution in [2.75, 3.05) is 4.90 Å². The van der Waals surface area contributed by atoms with Crippen LogP contribution in [0.3, 0.4) is 0 Å². The molecule has 0 spiro atoms. The summed E-state index contributed by atoms with van der Waals surface area (Å²) in [7, 11) is 0. The second-order valence-electron chi connectivity index (χ2n) is 7.42. The van der Waals surface area contributed by atoms with Gasteiger partial charge in [-0.1, -0.05) is 57.9 Å². The van der Waals surface area contributed by atoms with Crippen LogP contribution >= 0.6 is 0 Å². The summed E-state index contributed by atoms with van der Waals surface area (Å²) in [6, 6.07) is 13.3. The third-order valence-corrected chi connectivity index (χ3v) is 5.23. The van der Waals surface area contributed by atoms with Crippen LogP contribution in [0.2, 0.25) is 0 Å². The Kier molecular flexibility index (Phi) is 4.16. The van der Waals surface area contributed by atoms with E-state index < -0.39 is 12.1 Å². The van der Waals surface area contributed by atoms with Gasteiger partial charge in [-0.05, 0) is 26.0 Å². The molecule has 0 aliphatic carbocycles. The predicted octanol–water partition coefficient (Wildman–Crippen LogP) is 2.85. The molecule has 2 unspecified atom stereocenters. The van der Waals surface area contributed by atoms with Gasteiger partial charge in [-0.3, -0.25) is 14.6 Å². The number of hydrogen-bond acceptors (Lipinski definition) is 8. The molecular weight excluding hydrogens is 384 g/mol. The summed E-state index contributed by atoms with van der Waals surface area (Å²) in [5, 5.41) is 13.5. The Labute approximate surface area is 172 Å². The number of carbonyl (C=O) groups excluding carboxylic acids is 2. The number of hydrogen-bond donors (Lipinski definition) is 0. The van der Waals surface area contributed by atoms with Crippen molar-refractivity contribution < 1.29 is 14.1 Å². The van der Waals surface area contributed by atoms with Gasteiger partial charge in [0.25, 0.3) is 11.8 Å². The summed E-state index contributed by atoms with van der Waals surface area (Å²) in [6.45, 7) is 4.03. The summed E-state index contributed by atoms with van der Waals surface area (Å²) in [4.78, 5) is 31.3. The first-order valence-electron chi connectivity index (χ1n) is 9.53. The third-order valence-electron chi connectivity index (χ3n) is 5.23. The first-order valence-corrected chi connectivity index (χ1v) is 9.53. The van der Waals surface area contributed by atoms with Crippen LogP contribution in [0, 0.1) is 13.8 Å². The molecule has 9 heteroatoms. The smallest absolute Gasteiger partial charge is 0.263 e. The van der Waals surface area contributed by atoms with Gasteiger partial charge >= 0.3 is 0 Å². The van der Waals surface area contributed by atoms with E-state index in [0.29, 0.717) is 17.4 Å². The Balaban J connectivity index is 1.36. The maximum atomic E-state index is 13.0. The van der Waals surface area contributed by atoms with Crippen LogP contribution in [-0.4, -0.2) is 39.0 Å². The predicted molar refractivity (Wildman–Crippen MR) is 106 cm³/mol. The highest BCUT2D eigenvalue weighted by molar-refractivity contribution is 6.25. The monoisotopic (exact) mass is 402 g/mol. The van der Waals surface area contributed by atoms with Crippen molar-refractivity contribution in [3.8, 4) is 11.4 Å². The van der Waals surface area contributed by atoms with E-state index in [1.807, 2.05) is 50.2 Å². The Bertz CT molecular complexity index is 1150. The van der Waals surface area contributed by atoms with Crippen LogP contribution < -0.4 is 4.90 Å². The maximum Gasteiger partial charge on any atom is 0.263 e. The van der Waals surface area contributed by atoms with Crippen molar-refractivity contribution >= 4 is 17.5 Å². The van der Waals surface area contributed by atoms with Crippen LogP contribution in [-0.2, 0) is 16.1 Å². The summed E-state index contributed by atoms with van der Waals surface area (Å²) in [6.07, 6.45) is 0. The molecule has 0 N–H and O–H groups in total. The minimum Gasteiger partial charge on any atom is -0.337 e. The Morgan fingerprint density at radius 2 is 1.60 bits per heavy atom. The summed E-state index contributed by atoms with van der Waals surface area (Å²) < 4.78 is 5.33. The lowest BCUT2D eigenvalue weighted by atomic mass is 10.1. The first kappa shape index (κ1) is 18.2. The van der Waals surface area contributed by atoms with Crippen molar-refractivity contribution in [3.63, 3.8) is 0 Å². The molecular formula is C21H18N6O3. The van der Waals surface area contributed by atoms with Crippen molar-refractivity contribution in [3.05, 3.63) is 65.5 Å². The van der Waals surface area contributed by atoms with Crippen LogP contribution in [0.5, 0.6) is 0 Å². The summed E-state index contributed by atoms with van der Waals surface area (Å²) >= 11 is 0. The van der Waals surface area contributed by atoms with Gasteiger partial charge in [-0.15, -0.1) is 0 Å². The first-order chi connectivity index (χ1) is 14.5. The molecule has 2 aromatic carbocycles. The fraction of sp³-hybridized carbons (Fsp3) is 0.238. The quantitative estimate of drug-likeness (QED) is 0.622. The van der Waals surface area contributed by atoms with Gasteiger partial charge in [0.1, 0.15) is 6.54 Å². The lowest BCUT2D eigenvalue weighted by Crippen LogP contribution is -2.39. The number of nitrogens with zero attached hydrogens (tertiary/aromatic N) is 6. The largest absolute Gasteiger partial charge is 0.337 e. The maximum absolute atomic E-state index is 13.0. The van der Waals surface area contributed by atoms with Crippen LogP contribution in [0.25, 0.3) is 11.4 Å². The van der Waals surface area contributed by atoms with Gasteiger partial charge in [-0.25, -0.2) is 4.90 Å². The normalized spacial score (nSPS) is 20.3. The number of benzene rings is 2. The molecule has 2 amide bonds. The van der Waals surface area contributed by atoms with Gasteiger partial charge in [0, 0.05) is 5.56 Å². The zero-order valence-corrected chi connectivity index (χ0v) is 16.4. The topological polar surface area (TPSA) is 104 Å². The van der Waals surface area contributed by atoms with Gasteiger partial charge < -0.3 is 4.52 Å². The second-order valence-corrected chi connectivity index (χ2v) is 7.42. The number of amides is 2. The zero-order valence-electron chi connectivity index (χ0n) is 16.4. The van der Waals surface area contributed by atoms with E-state index in [-0.39, 0.29) is 18.4 Å². The zero-order chi connectivity index (χ0) is 20.8. The van der Waals surface area contributed by atoms with Crippen molar-refractivity contribution in [1.82, 2.24) is 15.1 Å². The number of anilines is 1. The number of imide groups is 1. The van der Waals surface area contributed by atoms with Crippen LogP contribution in [0.1, 0.15) is 17.0 Å². The highest BCUT2D eigenvalue weighted by atomic mass is 16.5. The molecule has 0 bridgehead atoms. The van der Waals surface area contributed by atoms with Crippen LogP contribution in [0.4, 0.5) is 5.69 Å². The summed E-state index contributed by atoms with van der Waals surface area (Å²) in [5.74, 6) is -0.00453. The van der Waals surface area contributed by atoms with Gasteiger partial charge in [0.2, 0.25) is 11.7 Å². The Morgan fingerprint density at radius 3 is 2.30 bits per heavy atom. The lowest BCUT2D eigenvalue weighted by Gasteiger charge is -2.19. The van der Waals surface area contributed by atoms with Crippen molar-refractivity contribution in [2.24, 2.45) is 10.3 Å². The third kappa shape index (κ3) is 2.95. The summed E-state index contributed by atoms with van der Waals surface area (Å²) in [5.41, 5.74) is 3.53. The Morgan fingerprint density at radius 1 is 0.933 bits per heavy atom. The molecule has 1 aromatic heterocycles. The SMILES string of the molecule is Cc1ccc(-c2noc(CN3N=NC4C(=O)N(c5ccc(C)cc5)C(=O)C43)n2)cc1. The molecule has 0 radical (unpaired) electrons. The highest BCUT2D eigenvalue weighted by Gasteiger charge is 2.55. The molecule has 0 saturated carbocycles. The minimum atomic E-state index is -0.863. The molecule has 150 valence electrons. The van der Waals surface area contributed by atoms with Gasteiger partial charge in [-0.2, -0.15) is 10.1 Å². The molecule has 30 heavy (non-hydrogen) atoms. The molecule has 2 aliphatic heterocycles. The Hall–Kier alpha value is -3.88. The molecule has 9 nitrogen and oxygen atoms in total. The molecule has 2 atom stereocenters. The molecule has 3 aromatic rings. The highest BCUT2D eigenvalue weighted by Crippen LogP contribution is 2.32. The number of aryl methyl sites for hydroxylation is 2. The number of rotatable bonds is 4. The van der Waals surface area contributed by atoms with E-state index >= 15 is 0 Å². The standard InChI is InChI=1S/C21H18N6O3/c1-12-3-7-14(8-4-12)19-22-16(30-24-19)11-26-18-17(23-25-26)20(28)27(21(18)29)15-9-5-13(2)6-10-15/h3-10,17-18H,11H2,1-2H3. The molecule has 3 heterocycles. The fourth-order valence-corrected chi connectivity index (χ4v) is 3.58. The van der Waals surface area contributed by atoms with Crippen LogP contribution in [0.15, 0.2) is 63.4 Å². The molecule has 1 fully saturated rings. The van der Waals surface area contributed by atoms with Gasteiger partial charge in [0.05, 0.1) is 5.69 Å². The average Bonchev–Trinajstić information content (AvgIpc) is 3.43. The average molecular weight is 402 g/mol. The van der Waals surface area contributed by atoms with Gasteiger partial charge in [0.15, 0.2) is 12.1 Å². The van der Waals surface area contributed by atoms with E-state index in [1.165, 1.54) is 9.91 Å². The number of carbonyl (C=O) groups is 2. The fourth-order valence-electron chi connectivity index (χ4n) is 3.58. The number of aromatic nitrogens is 2. The minimum absolute atomic E-state index is 0.0876. The van der Waals surface area contributed by atoms with E-state index in [2.05, 4.69) is 20.5 Å². The van der Waals surface area contributed by atoms with E-state index in [0.717, 1.165) is 16.7 Å². The van der Waals surface area contributed by atoms with E-state index in [4.69, 9.17) is 4.52 Å². The lowest BCUT2D eigenvalue weighted by molar-refractivity contribution is -0.123. The number of fused-ring (bicyclic) bond motifs is 1. The molecule has 5 rings (SSSR count). The van der Waals surface area contributed by atoms with E-state index in [9.17, 15) is 9.59 Å². The second kappa shape index (κ2) is 6.87. The van der Waals surface area contributed by atoms with E-state index in [1.54, 1.807) is 12.1 Å². The van der Waals surface area contributed by atoms with Crippen molar-refractivity contribution in [1.29, 1.82) is 0 Å². The molecule has 1 saturated heterocycles. The molecule has 2 aliphatic rings.